The van der Waals surface area contributed by atoms with E-state index in [1.807, 2.05) is 0 Å². The largest absolute Gasteiger partial charge is 0.573 e. The molecule has 0 aromatic heterocycles. The van der Waals surface area contributed by atoms with Crippen molar-refractivity contribution >= 4 is 0 Å². The van der Waals surface area contributed by atoms with Gasteiger partial charge in [0.2, 0.25) is 0 Å². The summed E-state index contributed by atoms with van der Waals surface area (Å²) in [4.78, 5) is 0. The summed E-state index contributed by atoms with van der Waals surface area (Å²) in [6, 6.07) is 5.89. The quantitative estimate of drug-likeness (QED) is 0.877. The molecule has 0 saturated heterocycles. The van der Waals surface area contributed by atoms with Crippen LogP contribution < -0.4 is 10.1 Å². The molecule has 0 heterocycles. The first-order valence-corrected chi connectivity index (χ1v) is 7.16. The second-order valence-electron chi connectivity index (χ2n) is 5.50. The highest BCUT2D eigenvalue weighted by atomic mass is 19.4. The minimum absolute atomic E-state index is 0.151. The van der Waals surface area contributed by atoms with Crippen LogP contribution in [-0.4, -0.2) is 24.1 Å². The van der Waals surface area contributed by atoms with Crippen LogP contribution in [0, 0.1) is 5.92 Å². The maximum absolute atomic E-state index is 12.0. The summed E-state index contributed by atoms with van der Waals surface area (Å²) in [5.74, 6) is 0.369. The molecule has 1 aliphatic rings. The van der Waals surface area contributed by atoms with Gasteiger partial charge in [-0.3, -0.25) is 0 Å². The third kappa shape index (κ3) is 5.93. The normalized spacial score (nSPS) is 23.0. The maximum Gasteiger partial charge on any atom is 0.573 e. The van der Waals surface area contributed by atoms with Gasteiger partial charge in [0.05, 0.1) is 6.10 Å². The highest BCUT2D eigenvalue weighted by molar-refractivity contribution is 5.27. The smallest absolute Gasteiger partial charge is 0.406 e. The SMILES string of the molecule is OC1CCC(CNCc2ccc(OC(F)(F)F)cc2)CC1. The van der Waals surface area contributed by atoms with E-state index in [4.69, 9.17) is 0 Å². The van der Waals surface area contributed by atoms with E-state index in [0.717, 1.165) is 37.8 Å². The fourth-order valence-corrected chi connectivity index (χ4v) is 2.58. The first kappa shape index (κ1) is 16.1. The van der Waals surface area contributed by atoms with Crippen LogP contribution in [0.2, 0.25) is 0 Å². The van der Waals surface area contributed by atoms with Crippen molar-refractivity contribution in [2.45, 2.75) is 44.7 Å². The van der Waals surface area contributed by atoms with Gasteiger partial charge in [0.1, 0.15) is 5.75 Å². The van der Waals surface area contributed by atoms with Crippen LogP contribution >= 0.6 is 0 Å². The third-order valence-electron chi connectivity index (χ3n) is 3.74. The monoisotopic (exact) mass is 303 g/mol. The fraction of sp³-hybridized carbons (Fsp3) is 0.600. The lowest BCUT2D eigenvalue weighted by atomic mass is 9.87. The molecule has 1 aromatic carbocycles. The molecule has 1 saturated carbocycles. The van der Waals surface area contributed by atoms with Gasteiger partial charge in [-0.15, -0.1) is 13.2 Å². The lowest BCUT2D eigenvalue weighted by molar-refractivity contribution is -0.274. The first-order valence-electron chi connectivity index (χ1n) is 7.16. The molecule has 2 rings (SSSR count). The topological polar surface area (TPSA) is 41.5 Å². The van der Waals surface area contributed by atoms with Gasteiger partial charge in [-0.1, -0.05) is 12.1 Å². The molecule has 0 radical (unpaired) electrons. The molecule has 0 atom stereocenters. The minimum atomic E-state index is -4.65. The Bertz CT molecular complexity index is 426. The lowest BCUT2D eigenvalue weighted by Crippen LogP contribution is -2.27. The number of nitrogens with one attached hydrogen (secondary N) is 1. The summed E-state index contributed by atoms with van der Waals surface area (Å²) in [7, 11) is 0. The molecular weight excluding hydrogens is 283 g/mol. The highest BCUT2D eigenvalue weighted by Gasteiger charge is 2.30. The first-order chi connectivity index (χ1) is 9.92. The number of aliphatic hydroxyl groups excluding tert-OH is 1. The van der Waals surface area contributed by atoms with E-state index in [1.165, 1.54) is 12.1 Å². The van der Waals surface area contributed by atoms with Gasteiger partial charge in [0.15, 0.2) is 0 Å². The Kier molecular flexibility index (Phi) is 5.47. The van der Waals surface area contributed by atoms with Crippen molar-refractivity contribution in [3.63, 3.8) is 0 Å². The number of alkyl halides is 3. The average Bonchev–Trinajstić information content (AvgIpc) is 2.41. The molecule has 1 aromatic rings. The molecule has 0 spiro atoms. The van der Waals surface area contributed by atoms with Crippen molar-refractivity contribution in [1.82, 2.24) is 5.32 Å². The number of hydrogen-bond donors (Lipinski definition) is 2. The van der Waals surface area contributed by atoms with Gasteiger partial charge < -0.3 is 15.2 Å². The van der Waals surface area contributed by atoms with Crippen LogP contribution in [0.5, 0.6) is 5.75 Å². The Balaban J connectivity index is 1.71. The van der Waals surface area contributed by atoms with E-state index in [-0.39, 0.29) is 11.9 Å². The molecule has 0 bridgehead atoms. The molecule has 0 unspecified atom stereocenters. The molecule has 1 fully saturated rings. The zero-order chi connectivity index (χ0) is 15.3. The van der Waals surface area contributed by atoms with E-state index in [1.54, 1.807) is 12.1 Å². The highest BCUT2D eigenvalue weighted by Crippen LogP contribution is 2.24. The fourth-order valence-electron chi connectivity index (χ4n) is 2.58. The Labute approximate surface area is 122 Å². The van der Waals surface area contributed by atoms with Crippen molar-refractivity contribution in [2.75, 3.05) is 6.54 Å². The van der Waals surface area contributed by atoms with Crippen LogP contribution in [0.15, 0.2) is 24.3 Å². The number of hydrogen-bond acceptors (Lipinski definition) is 3. The maximum atomic E-state index is 12.0. The summed E-state index contributed by atoms with van der Waals surface area (Å²) in [5, 5.41) is 12.7. The van der Waals surface area contributed by atoms with Gasteiger partial charge in [-0.2, -0.15) is 0 Å². The van der Waals surface area contributed by atoms with Crippen molar-refractivity contribution in [3.05, 3.63) is 29.8 Å². The van der Waals surface area contributed by atoms with Gasteiger partial charge in [0.25, 0.3) is 0 Å². The molecule has 0 aliphatic heterocycles. The molecule has 118 valence electrons. The molecule has 1 aliphatic carbocycles. The van der Waals surface area contributed by atoms with Crippen LogP contribution in [0.25, 0.3) is 0 Å². The van der Waals surface area contributed by atoms with E-state index in [0.29, 0.717) is 12.5 Å². The standard InChI is InChI=1S/C15H20F3NO2/c16-15(17,18)21-14-7-3-12(4-8-14)10-19-9-11-1-5-13(20)6-2-11/h3-4,7-8,11,13,19-20H,1-2,5-6,9-10H2. The van der Waals surface area contributed by atoms with E-state index >= 15 is 0 Å². The predicted octanol–water partition coefficient (Wildman–Crippen LogP) is 3.23. The van der Waals surface area contributed by atoms with Gasteiger partial charge in [-0.25, -0.2) is 0 Å². The van der Waals surface area contributed by atoms with Crippen molar-refractivity contribution < 1.29 is 23.0 Å². The zero-order valence-corrected chi connectivity index (χ0v) is 11.7. The van der Waals surface area contributed by atoms with Crippen molar-refractivity contribution in [3.8, 4) is 5.75 Å². The average molecular weight is 303 g/mol. The van der Waals surface area contributed by atoms with Crippen molar-refractivity contribution in [1.29, 1.82) is 0 Å². The van der Waals surface area contributed by atoms with E-state index in [9.17, 15) is 18.3 Å². The second kappa shape index (κ2) is 7.13. The van der Waals surface area contributed by atoms with Crippen LogP contribution in [0.4, 0.5) is 13.2 Å². The Morgan fingerprint density at radius 3 is 2.29 bits per heavy atom. The van der Waals surface area contributed by atoms with Crippen LogP contribution in [0.1, 0.15) is 31.2 Å². The Morgan fingerprint density at radius 2 is 1.71 bits per heavy atom. The van der Waals surface area contributed by atoms with E-state index < -0.39 is 6.36 Å². The van der Waals surface area contributed by atoms with Crippen LogP contribution in [0.3, 0.4) is 0 Å². The number of ether oxygens (including phenoxy) is 1. The van der Waals surface area contributed by atoms with E-state index in [2.05, 4.69) is 10.1 Å². The summed E-state index contributed by atoms with van der Waals surface area (Å²) in [6.07, 6.45) is -1.04. The zero-order valence-electron chi connectivity index (χ0n) is 11.7. The number of rotatable bonds is 5. The number of benzene rings is 1. The third-order valence-corrected chi connectivity index (χ3v) is 3.74. The summed E-state index contributed by atoms with van der Waals surface area (Å²) in [5.41, 5.74) is 0.917. The van der Waals surface area contributed by atoms with Gasteiger partial charge >= 0.3 is 6.36 Å². The molecule has 2 N–H and O–H groups in total. The van der Waals surface area contributed by atoms with Gasteiger partial charge in [0, 0.05) is 6.54 Å². The van der Waals surface area contributed by atoms with Gasteiger partial charge in [-0.05, 0) is 55.8 Å². The molecular formula is C15H20F3NO2. The molecule has 6 heteroatoms. The number of aliphatic hydroxyl groups is 1. The molecule has 0 amide bonds. The minimum Gasteiger partial charge on any atom is -0.406 e. The molecule has 3 nitrogen and oxygen atoms in total. The summed E-state index contributed by atoms with van der Waals surface area (Å²) < 4.78 is 39.9. The Hall–Kier alpha value is -1.27. The van der Waals surface area contributed by atoms with Crippen molar-refractivity contribution in [2.24, 2.45) is 5.92 Å². The predicted molar refractivity (Wildman–Crippen MR) is 72.8 cm³/mol. The molecule has 21 heavy (non-hydrogen) atoms. The number of halogens is 3. The summed E-state index contributed by atoms with van der Waals surface area (Å²) in [6.45, 7) is 1.48. The Morgan fingerprint density at radius 1 is 1.10 bits per heavy atom. The summed E-state index contributed by atoms with van der Waals surface area (Å²) >= 11 is 0. The second-order valence-corrected chi connectivity index (χ2v) is 5.50. The lowest BCUT2D eigenvalue weighted by Gasteiger charge is -2.25. The van der Waals surface area contributed by atoms with Crippen LogP contribution in [-0.2, 0) is 6.54 Å².